The van der Waals surface area contributed by atoms with Gasteiger partial charge >= 0.3 is 17.9 Å². The molecule has 0 heterocycles. The lowest BCUT2D eigenvalue weighted by molar-refractivity contribution is -0.167. The van der Waals surface area contributed by atoms with Gasteiger partial charge in [0.2, 0.25) is 0 Å². The summed E-state index contributed by atoms with van der Waals surface area (Å²) in [7, 11) is 0. The Hall–Kier alpha value is -3.15. The van der Waals surface area contributed by atoms with Crippen molar-refractivity contribution in [1.82, 2.24) is 0 Å². The van der Waals surface area contributed by atoms with Gasteiger partial charge < -0.3 is 14.2 Å². The zero-order valence-corrected chi connectivity index (χ0v) is 54.1. The summed E-state index contributed by atoms with van der Waals surface area (Å²) in [6, 6.07) is 0. The molecule has 6 heteroatoms. The molecular formula is C75H134O6. The first kappa shape index (κ1) is 77.9. The van der Waals surface area contributed by atoms with E-state index < -0.39 is 6.10 Å². The summed E-state index contributed by atoms with van der Waals surface area (Å²) >= 11 is 0. The second kappa shape index (κ2) is 69.3. The highest BCUT2D eigenvalue weighted by atomic mass is 16.6. The average Bonchev–Trinajstić information content (AvgIpc) is 3.46. The third-order valence-electron chi connectivity index (χ3n) is 15.7. The van der Waals surface area contributed by atoms with E-state index >= 15 is 0 Å². The first-order chi connectivity index (χ1) is 40.0. The maximum absolute atomic E-state index is 12.9. The van der Waals surface area contributed by atoms with Crippen LogP contribution in [0.15, 0.2) is 72.9 Å². The highest BCUT2D eigenvalue weighted by molar-refractivity contribution is 5.71. The van der Waals surface area contributed by atoms with Crippen LogP contribution in [0.25, 0.3) is 0 Å². The molecule has 6 nitrogen and oxygen atoms in total. The molecule has 0 aliphatic rings. The minimum atomic E-state index is -0.771. The van der Waals surface area contributed by atoms with Crippen molar-refractivity contribution < 1.29 is 28.6 Å². The Labute approximate surface area is 503 Å². The number of carbonyl (C=O) groups is 3. The molecule has 0 amide bonds. The molecule has 0 bridgehead atoms. The number of ether oxygens (including phenoxy) is 3. The van der Waals surface area contributed by atoms with Crippen LogP contribution < -0.4 is 0 Å². The lowest BCUT2D eigenvalue weighted by Crippen LogP contribution is -2.30. The zero-order valence-electron chi connectivity index (χ0n) is 54.1. The van der Waals surface area contributed by atoms with Crippen LogP contribution in [0.1, 0.15) is 367 Å². The summed E-state index contributed by atoms with van der Waals surface area (Å²) in [6.07, 6.45) is 90.7. The van der Waals surface area contributed by atoms with E-state index in [1.807, 2.05) is 0 Å². The Kier molecular flexibility index (Phi) is 66.6. The second-order valence-electron chi connectivity index (χ2n) is 23.8. The molecule has 0 spiro atoms. The summed E-state index contributed by atoms with van der Waals surface area (Å²) < 4.78 is 17.0. The van der Waals surface area contributed by atoms with Gasteiger partial charge in [0.05, 0.1) is 0 Å². The highest BCUT2D eigenvalue weighted by Gasteiger charge is 2.19. The van der Waals surface area contributed by atoms with Crippen LogP contribution in [0, 0.1) is 0 Å². The van der Waals surface area contributed by atoms with Crippen molar-refractivity contribution in [3.63, 3.8) is 0 Å². The highest BCUT2D eigenvalue weighted by Crippen LogP contribution is 2.18. The normalized spacial score (nSPS) is 12.5. The first-order valence-electron chi connectivity index (χ1n) is 35.4. The molecule has 0 saturated carbocycles. The minimum Gasteiger partial charge on any atom is -0.462 e. The summed E-state index contributed by atoms with van der Waals surface area (Å²) in [6.45, 7) is 6.58. The number of allylic oxidation sites excluding steroid dienone is 12. The molecule has 0 rings (SSSR count). The molecule has 0 radical (unpaired) electrons. The van der Waals surface area contributed by atoms with Gasteiger partial charge in [-0.3, -0.25) is 14.4 Å². The largest absolute Gasteiger partial charge is 0.462 e. The molecule has 0 aliphatic carbocycles. The van der Waals surface area contributed by atoms with Crippen LogP contribution in [-0.4, -0.2) is 37.2 Å². The van der Waals surface area contributed by atoms with Gasteiger partial charge in [-0.2, -0.15) is 0 Å². The molecule has 0 aliphatic heterocycles. The van der Waals surface area contributed by atoms with E-state index in [2.05, 4.69) is 93.7 Å². The van der Waals surface area contributed by atoms with E-state index in [1.54, 1.807) is 0 Å². The molecule has 0 N–H and O–H groups in total. The van der Waals surface area contributed by atoms with Crippen LogP contribution >= 0.6 is 0 Å². The van der Waals surface area contributed by atoms with Gasteiger partial charge in [0, 0.05) is 19.3 Å². The molecule has 0 aromatic heterocycles. The third kappa shape index (κ3) is 67.5. The summed E-state index contributed by atoms with van der Waals surface area (Å²) in [5, 5.41) is 0. The topological polar surface area (TPSA) is 78.9 Å². The van der Waals surface area contributed by atoms with Gasteiger partial charge in [0.1, 0.15) is 13.2 Å². The lowest BCUT2D eigenvalue weighted by Gasteiger charge is -2.18. The minimum absolute atomic E-state index is 0.0678. The predicted molar refractivity (Wildman–Crippen MR) is 353 cm³/mol. The fourth-order valence-electron chi connectivity index (χ4n) is 10.5. The monoisotopic (exact) mass is 1130 g/mol. The van der Waals surface area contributed by atoms with Crippen LogP contribution in [0.4, 0.5) is 0 Å². The van der Waals surface area contributed by atoms with Crippen LogP contribution in [-0.2, 0) is 28.6 Å². The Morgan fingerprint density at radius 3 is 0.753 bits per heavy atom. The van der Waals surface area contributed by atoms with Gasteiger partial charge in [-0.15, -0.1) is 0 Å². The molecular weight excluding hydrogens is 997 g/mol. The first-order valence-corrected chi connectivity index (χ1v) is 35.4. The van der Waals surface area contributed by atoms with Gasteiger partial charge in [-0.25, -0.2) is 0 Å². The Balaban J connectivity index is 4.17. The Morgan fingerprint density at radius 1 is 0.259 bits per heavy atom. The van der Waals surface area contributed by atoms with E-state index in [9.17, 15) is 14.4 Å². The van der Waals surface area contributed by atoms with Crippen LogP contribution in [0.5, 0.6) is 0 Å². The van der Waals surface area contributed by atoms with E-state index in [0.29, 0.717) is 19.3 Å². The van der Waals surface area contributed by atoms with Gasteiger partial charge in [-0.05, 0) is 70.6 Å². The average molecular weight is 1130 g/mol. The number of hydrogen-bond acceptors (Lipinski definition) is 6. The standard InChI is InChI=1S/C75H134O6/c1-4-7-10-13-16-19-22-25-27-29-30-31-32-33-34-35-36-37-38-39-40-41-42-43-44-46-47-50-53-56-59-62-65-68-74(77)80-71-72(70-79-73(76)67-64-61-58-55-52-49-24-21-18-15-12-9-6-3)81-75(78)69-66-63-60-57-54-51-48-45-28-26-23-20-17-14-11-8-5-2/h7,10,16,19,25,27,30-31,33-34,36-37,72H,4-6,8-9,11-15,17-18,20-24,26,28-29,32,35,38-71H2,1-3H3/b10-7-,19-16-,27-25-,31-30-,34-33-,37-36-. The van der Waals surface area contributed by atoms with Gasteiger partial charge in [0.15, 0.2) is 6.10 Å². The fourth-order valence-corrected chi connectivity index (χ4v) is 10.5. The van der Waals surface area contributed by atoms with Gasteiger partial charge in [-0.1, -0.05) is 351 Å². The van der Waals surface area contributed by atoms with E-state index in [1.165, 1.54) is 231 Å². The SMILES string of the molecule is CC/C=C\C/C=C\C/C=C\C/C=C\C/C=C\C/C=C\CCCCCCCCCCCCCCCCC(=O)OCC(COC(=O)CCCCCCCCCCCCCCC)OC(=O)CCCCCCCCCCCCCCCCCCC. The maximum atomic E-state index is 12.9. The third-order valence-corrected chi connectivity index (χ3v) is 15.7. The molecule has 1 atom stereocenters. The van der Waals surface area contributed by atoms with Crippen LogP contribution in [0.3, 0.4) is 0 Å². The van der Waals surface area contributed by atoms with Crippen molar-refractivity contribution in [1.29, 1.82) is 0 Å². The predicted octanol–water partition coefficient (Wildman–Crippen LogP) is 24.4. The second-order valence-corrected chi connectivity index (χ2v) is 23.8. The van der Waals surface area contributed by atoms with Gasteiger partial charge in [0.25, 0.3) is 0 Å². The zero-order chi connectivity index (χ0) is 58.5. The Morgan fingerprint density at radius 2 is 0.481 bits per heavy atom. The molecule has 0 fully saturated rings. The van der Waals surface area contributed by atoms with Crippen molar-refractivity contribution in [2.45, 2.75) is 374 Å². The summed E-state index contributed by atoms with van der Waals surface area (Å²) in [5.41, 5.74) is 0. The summed E-state index contributed by atoms with van der Waals surface area (Å²) in [4.78, 5) is 38.4. The van der Waals surface area contributed by atoms with Crippen molar-refractivity contribution in [3.05, 3.63) is 72.9 Å². The number of esters is 3. The molecule has 0 saturated heterocycles. The van der Waals surface area contributed by atoms with Crippen molar-refractivity contribution in [2.75, 3.05) is 13.2 Å². The number of carbonyl (C=O) groups excluding carboxylic acids is 3. The molecule has 0 aromatic carbocycles. The van der Waals surface area contributed by atoms with E-state index in [-0.39, 0.29) is 31.1 Å². The van der Waals surface area contributed by atoms with Crippen molar-refractivity contribution >= 4 is 17.9 Å². The molecule has 470 valence electrons. The van der Waals surface area contributed by atoms with E-state index in [4.69, 9.17) is 14.2 Å². The van der Waals surface area contributed by atoms with Crippen LogP contribution in [0.2, 0.25) is 0 Å². The smallest absolute Gasteiger partial charge is 0.306 e. The van der Waals surface area contributed by atoms with E-state index in [0.717, 1.165) is 96.3 Å². The van der Waals surface area contributed by atoms with Crippen molar-refractivity contribution in [3.8, 4) is 0 Å². The number of rotatable bonds is 65. The lowest BCUT2D eigenvalue weighted by atomic mass is 10.0. The maximum Gasteiger partial charge on any atom is 0.306 e. The molecule has 1 unspecified atom stereocenters. The quantitative estimate of drug-likeness (QED) is 0.0261. The molecule has 81 heavy (non-hydrogen) atoms. The van der Waals surface area contributed by atoms with Crippen molar-refractivity contribution in [2.24, 2.45) is 0 Å². The molecule has 0 aromatic rings. The number of hydrogen-bond donors (Lipinski definition) is 0. The number of unbranched alkanes of at least 4 members (excludes halogenated alkanes) is 42. The fraction of sp³-hybridized carbons (Fsp3) is 0.800. The summed E-state index contributed by atoms with van der Waals surface area (Å²) in [5.74, 6) is -0.843. The Bertz CT molecular complexity index is 1490.